The van der Waals surface area contributed by atoms with Crippen LogP contribution in [0.15, 0.2) is 42.5 Å². The van der Waals surface area contributed by atoms with Gasteiger partial charge in [0.2, 0.25) is 0 Å². The van der Waals surface area contributed by atoms with Crippen LogP contribution in [0.5, 0.6) is 5.75 Å². The fourth-order valence-corrected chi connectivity index (χ4v) is 4.35. The Morgan fingerprint density at radius 2 is 2.03 bits per heavy atom. The van der Waals surface area contributed by atoms with Crippen molar-refractivity contribution in [2.75, 3.05) is 13.2 Å². The van der Waals surface area contributed by atoms with Crippen LogP contribution >= 0.6 is 19.2 Å². The van der Waals surface area contributed by atoms with Crippen molar-refractivity contribution >= 4 is 19.2 Å². The lowest BCUT2D eigenvalue weighted by molar-refractivity contribution is -0.138. The number of hydrogen-bond acceptors (Lipinski definition) is 7. The Labute approximate surface area is 192 Å². The van der Waals surface area contributed by atoms with Gasteiger partial charge in [-0.2, -0.15) is 13.2 Å². The maximum Gasteiger partial charge on any atom is 0.469 e. The van der Waals surface area contributed by atoms with E-state index in [1.807, 2.05) is 24.3 Å². The summed E-state index contributed by atoms with van der Waals surface area (Å²) in [4.78, 5) is 17.7. The average Bonchev–Trinajstić information content (AvgIpc) is 3.23. The third-order valence-electron chi connectivity index (χ3n) is 4.79. The molecule has 0 spiro atoms. The van der Waals surface area contributed by atoms with Crippen molar-refractivity contribution in [2.24, 2.45) is 11.7 Å². The quantitative estimate of drug-likeness (QED) is 0.428. The molecule has 1 aliphatic rings. The number of halogens is 3. The van der Waals surface area contributed by atoms with Crippen LogP contribution in [-0.4, -0.2) is 33.2 Å². The van der Waals surface area contributed by atoms with E-state index >= 15 is 0 Å². The Bertz CT molecular complexity index is 1080. The number of ether oxygens (including phenoxy) is 1. The number of phosphoric ester groups is 1. The molecule has 1 aliphatic carbocycles. The first-order valence-electron chi connectivity index (χ1n) is 9.86. The zero-order valence-corrected chi connectivity index (χ0v) is 19.2. The highest BCUT2D eigenvalue weighted by molar-refractivity contribution is 7.46. The summed E-state index contributed by atoms with van der Waals surface area (Å²) >= 11 is 0.903. The van der Waals surface area contributed by atoms with Crippen LogP contribution in [0.4, 0.5) is 13.2 Å². The molecule has 2 atom stereocenters. The van der Waals surface area contributed by atoms with Gasteiger partial charge in [-0.3, -0.25) is 4.52 Å². The van der Waals surface area contributed by atoms with E-state index < -0.39 is 31.7 Å². The fourth-order valence-electron chi connectivity index (χ4n) is 3.03. The summed E-state index contributed by atoms with van der Waals surface area (Å²) in [5.74, 6) is -0.0476. The predicted octanol–water partition coefficient (Wildman–Crippen LogP) is 4.41. The van der Waals surface area contributed by atoms with Crippen LogP contribution in [0.2, 0.25) is 0 Å². The summed E-state index contributed by atoms with van der Waals surface area (Å²) in [5, 5.41) is 8.07. The summed E-state index contributed by atoms with van der Waals surface area (Å²) in [6.45, 7) is 1.00. The molecule has 0 saturated heterocycles. The number of phosphoric acid groups is 1. The lowest BCUT2D eigenvalue weighted by Gasteiger charge is -2.21. The van der Waals surface area contributed by atoms with Gasteiger partial charge < -0.3 is 20.3 Å². The minimum absolute atomic E-state index is 0.138. The van der Waals surface area contributed by atoms with Gasteiger partial charge in [-0.05, 0) is 43.9 Å². The Morgan fingerprint density at radius 3 is 2.67 bits per heavy atom. The highest BCUT2D eigenvalue weighted by atomic mass is 32.1. The molecule has 4 N–H and O–H groups in total. The normalized spacial score (nSPS) is 18.3. The molecule has 8 nitrogen and oxygen atoms in total. The zero-order valence-electron chi connectivity index (χ0n) is 17.5. The first-order valence-corrected chi connectivity index (χ1v) is 12.2. The molecule has 0 amide bonds. The zero-order chi connectivity index (χ0) is 24.3. The number of benzene rings is 1. The molecule has 1 unspecified atom stereocenters. The van der Waals surface area contributed by atoms with Crippen molar-refractivity contribution < 1.29 is 36.8 Å². The number of alkyl halides is 3. The standard InChI is InChI=1S/C20H23F3N3O5PS/c1-19(24,12-31-32(27,28)29)18-26-25-17(33-18)14-7-8-16(15(11-14)20(21,22)23)30-10-9-13-5-3-2-4-6-13/h2-5,7-8,11,13H,6,9-10,12,24H2,1H3,(H2,27,28,29)/t13?,19-/m0/s1. The van der Waals surface area contributed by atoms with Gasteiger partial charge in [0.25, 0.3) is 0 Å². The van der Waals surface area contributed by atoms with Crippen LogP contribution < -0.4 is 10.5 Å². The van der Waals surface area contributed by atoms with Gasteiger partial charge in [-0.1, -0.05) is 35.6 Å². The molecule has 0 fully saturated rings. The smallest absolute Gasteiger partial charge is 0.469 e. The number of nitrogens with two attached hydrogens (primary N) is 1. The molecular formula is C20H23F3N3O5PS. The average molecular weight is 505 g/mol. The molecule has 180 valence electrons. The van der Waals surface area contributed by atoms with Gasteiger partial charge in [0.1, 0.15) is 15.8 Å². The largest absolute Gasteiger partial charge is 0.493 e. The van der Waals surface area contributed by atoms with E-state index in [2.05, 4.69) is 14.7 Å². The topological polar surface area (TPSA) is 128 Å². The first kappa shape index (κ1) is 25.5. The van der Waals surface area contributed by atoms with Gasteiger partial charge in [-0.25, -0.2) is 4.57 Å². The van der Waals surface area contributed by atoms with Gasteiger partial charge in [0, 0.05) is 5.56 Å². The molecule has 3 rings (SSSR count). The van der Waals surface area contributed by atoms with Crippen molar-refractivity contribution in [2.45, 2.75) is 31.5 Å². The number of hydrogen-bond donors (Lipinski definition) is 3. The molecule has 1 heterocycles. The molecule has 0 bridgehead atoms. The third kappa shape index (κ3) is 7.20. The van der Waals surface area contributed by atoms with E-state index in [1.165, 1.54) is 19.1 Å². The van der Waals surface area contributed by atoms with Crippen LogP contribution in [0, 0.1) is 5.92 Å². The monoisotopic (exact) mass is 505 g/mol. The lowest BCUT2D eigenvalue weighted by atomic mass is 9.98. The van der Waals surface area contributed by atoms with E-state index in [9.17, 15) is 17.7 Å². The summed E-state index contributed by atoms with van der Waals surface area (Å²) in [6.07, 6.45) is 4.60. The summed E-state index contributed by atoms with van der Waals surface area (Å²) in [5.41, 5.74) is 3.82. The second-order valence-electron chi connectivity index (χ2n) is 7.75. The minimum Gasteiger partial charge on any atom is -0.493 e. The van der Waals surface area contributed by atoms with Gasteiger partial charge >= 0.3 is 14.0 Å². The van der Waals surface area contributed by atoms with Crippen molar-refractivity contribution in [3.05, 3.63) is 53.1 Å². The fraction of sp³-hybridized carbons (Fsp3) is 0.400. The Balaban J connectivity index is 1.76. The minimum atomic E-state index is -4.75. The first-order chi connectivity index (χ1) is 15.4. The summed E-state index contributed by atoms with van der Waals surface area (Å²) < 4.78 is 61.9. The number of nitrogens with zero attached hydrogens (tertiary/aromatic N) is 2. The van der Waals surface area contributed by atoms with Crippen molar-refractivity contribution in [1.29, 1.82) is 0 Å². The molecular weight excluding hydrogens is 482 g/mol. The van der Waals surface area contributed by atoms with Crippen LogP contribution in [-0.2, 0) is 20.8 Å². The van der Waals surface area contributed by atoms with Crippen LogP contribution in [0.25, 0.3) is 10.6 Å². The third-order valence-corrected chi connectivity index (χ3v) is 6.51. The number of rotatable bonds is 9. The molecule has 33 heavy (non-hydrogen) atoms. The van der Waals surface area contributed by atoms with Gasteiger partial charge in [0.05, 0.1) is 24.3 Å². The maximum atomic E-state index is 13.7. The Morgan fingerprint density at radius 1 is 1.27 bits per heavy atom. The van der Waals surface area contributed by atoms with E-state index in [-0.39, 0.29) is 33.9 Å². The van der Waals surface area contributed by atoms with E-state index in [0.29, 0.717) is 6.42 Å². The Hall–Kier alpha value is -2.08. The number of aromatic nitrogens is 2. The summed E-state index contributed by atoms with van der Waals surface area (Å²) in [6, 6.07) is 3.62. The molecule has 0 radical (unpaired) electrons. The molecule has 0 aliphatic heterocycles. The highest BCUT2D eigenvalue weighted by Crippen LogP contribution is 2.41. The van der Waals surface area contributed by atoms with Crippen LogP contribution in [0.1, 0.15) is 30.3 Å². The second-order valence-corrected chi connectivity index (χ2v) is 9.97. The van der Waals surface area contributed by atoms with Crippen molar-refractivity contribution in [1.82, 2.24) is 10.2 Å². The molecule has 1 aromatic carbocycles. The molecule has 13 heteroatoms. The van der Waals surface area contributed by atoms with Crippen molar-refractivity contribution in [3.63, 3.8) is 0 Å². The molecule has 2 aromatic rings. The highest BCUT2D eigenvalue weighted by Gasteiger charge is 2.36. The van der Waals surface area contributed by atoms with E-state index in [4.69, 9.17) is 20.3 Å². The van der Waals surface area contributed by atoms with E-state index in [0.717, 1.165) is 23.8 Å². The summed E-state index contributed by atoms with van der Waals surface area (Å²) in [7, 11) is -4.75. The molecule has 1 aromatic heterocycles. The number of allylic oxidation sites excluding steroid dienone is 4. The van der Waals surface area contributed by atoms with Gasteiger partial charge in [0.15, 0.2) is 0 Å². The SMILES string of the molecule is C[C@](N)(COP(=O)(O)O)c1nnc(-c2ccc(OCCC3C=CC=CC3)c(C(F)(F)F)c2)s1. The Kier molecular flexibility index (Phi) is 7.77. The van der Waals surface area contributed by atoms with E-state index in [1.54, 1.807) is 0 Å². The second kappa shape index (κ2) is 10.0. The van der Waals surface area contributed by atoms with Gasteiger partial charge in [-0.15, -0.1) is 10.2 Å². The predicted molar refractivity (Wildman–Crippen MR) is 116 cm³/mol. The lowest BCUT2D eigenvalue weighted by Crippen LogP contribution is -2.37. The van der Waals surface area contributed by atoms with Crippen molar-refractivity contribution in [3.8, 4) is 16.3 Å². The maximum absolute atomic E-state index is 13.7. The molecule has 0 saturated carbocycles. The van der Waals surface area contributed by atoms with Crippen LogP contribution in [0.3, 0.4) is 0 Å².